The van der Waals surface area contributed by atoms with Gasteiger partial charge in [-0.25, -0.2) is 4.39 Å². The summed E-state index contributed by atoms with van der Waals surface area (Å²) in [5, 5.41) is 0. The lowest BCUT2D eigenvalue weighted by Crippen LogP contribution is -2.53. The van der Waals surface area contributed by atoms with Crippen molar-refractivity contribution in [1.82, 2.24) is 4.90 Å². The maximum atomic E-state index is 13.5. The summed E-state index contributed by atoms with van der Waals surface area (Å²) in [6.45, 7) is 5.26. The third-order valence-electron chi connectivity index (χ3n) is 5.17. The molecule has 3 nitrogen and oxygen atoms in total. The SMILES string of the molecule is CC(N)c1cc(F)ccc1N1CCC2C(CCCN2C)C1. The van der Waals surface area contributed by atoms with Gasteiger partial charge in [-0.15, -0.1) is 0 Å². The summed E-state index contributed by atoms with van der Waals surface area (Å²) in [6.07, 6.45) is 3.78. The number of nitrogens with two attached hydrogens (primary N) is 1. The van der Waals surface area contributed by atoms with E-state index in [-0.39, 0.29) is 11.9 Å². The van der Waals surface area contributed by atoms with Crippen LogP contribution in [0.3, 0.4) is 0 Å². The summed E-state index contributed by atoms with van der Waals surface area (Å²) in [5.74, 6) is 0.529. The van der Waals surface area contributed by atoms with Crippen LogP contribution in [0.15, 0.2) is 18.2 Å². The molecule has 2 fully saturated rings. The van der Waals surface area contributed by atoms with E-state index in [1.165, 1.54) is 25.8 Å². The molecule has 3 rings (SSSR count). The second-order valence-electron chi connectivity index (χ2n) is 6.68. The Balaban J connectivity index is 1.82. The number of anilines is 1. The van der Waals surface area contributed by atoms with Gasteiger partial charge in [-0.3, -0.25) is 0 Å². The largest absolute Gasteiger partial charge is 0.371 e. The van der Waals surface area contributed by atoms with Gasteiger partial charge in [0, 0.05) is 30.9 Å². The fraction of sp³-hybridized carbons (Fsp3) is 0.647. The first-order valence-corrected chi connectivity index (χ1v) is 8.06. The van der Waals surface area contributed by atoms with Gasteiger partial charge in [0.25, 0.3) is 0 Å². The van der Waals surface area contributed by atoms with Crippen molar-refractivity contribution >= 4 is 5.69 Å². The fourth-order valence-electron chi connectivity index (χ4n) is 4.05. The van der Waals surface area contributed by atoms with E-state index >= 15 is 0 Å². The van der Waals surface area contributed by atoms with Crippen LogP contribution in [0.5, 0.6) is 0 Å². The highest BCUT2D eigenvalue weighted by Gasteiger charge is 2.34. The lowest BCUT2D eigenvalue weighted by atomic mass is 9.83. The predicted molar refractivity (Wildman–Crippen MR) is 85.0 cm³/mol. The number of hydrogen-bond donors (Lipinski definition) is 1. The molecule has 4 heteroatoms. The lowest BCUT2D eigenvalue weighted by Gasteiger charge is -2.47. The van der Waals surface area contributed by atoms with Crippen LogP contribution < -0.4 is 10.6 Å². The van der Waals surface area contributed by atoms with E-state index in [0.717, 1.165) is 30.3 Å². The summed E-state index contributed by atoms with van der Waals surface area (Å²) in [5.41, 5.74) is 8.09. The van der Waals surface area contributed by atoms with Gasteiger partial charge in [0.15, 0.2) is 0 Å². The maximum absolute atomic E-state index is 13.5. The van der Waals surface area contributed by atoms with Crippen molar-refractivity contribution < 1.29 is 4.39 Å². The molecule has 0 bridgehead atoms. The summed E-state index contributed by atoms with van der Waals surface area (Å²) in [7, 11) is 2.25. The molecule has 2 aliphatic rings. The van der Waals surface area contributed by atoms with Crippen molar-refractivity contribution in [3.05, 3.63) is 29.6 Å². The molecule has 2 saturated heterocycles. The monoisotopic (exact) mass is 291 g/mol. The number of rotatable bonds is 2. The average molecular weight is 291 g/mol. The van der Waals surface area contributed by atoms with E-state index in [9.17, 15) is 4.39 Å². The quantitative estimate of drug-likeness (QED) is 0.909. The number of nitrogens with zero attached hydrogens (tertiary/aromatic N) is 2. The lowest BCUT2D eigenvalue weighted by molar-refractivity contribution is 0.102. The molecule has 3 unspecified atom stereocenters. The molecular weight excluding hydrogens is 265 g/mol. The highest BCUT2D eigenvalue weighted by atomic mass is 19.1. The fourth-order valence-corrected chi connectivity index (χ4v) is 4.05. The molecule has 1 aromatic rings. The van der Waals surface area contributed by atoms with Gasteiger partial charge >= 0.3 is 0 Å². The molecule has 21 heavy (non-hydrogen) atoms. The maximum Gasteiger partial charge on any atom is 0.123 e. The third-order valence-corrected chi connectivity index (χ3v) is 5.17. The smallest absolute Gasteiger partial charge is 0.123 e. The highest BCUT2D eigenvalue weighted by molar-refractivity contribution is 5.55. The van der Waals surface area contributed by atoms with Crippen LogP contribution in [0.4, 0.5) is 10.1 Å². The van der Waals surface area contributed by atoms with Crippen molar-refractivity contribution in [2.75, 3.05) is 31.6 Å². The van der Waals surface area contributed by atoms with E-state index in [4.69, 9.17) is 5.73 Å². The Morgan fingerprint density at radius 1 is 1.29 bits per heavy atom. The third kappa shape index (κ3) is 2.92. The summed E-state index contributed by atoms with van der Waals surface area (Å²) in [6, 6.07) is 5.64. The van der Waals surface area contributed by atoms with Gasteiger partial charge in [-0.05, 0) is 69.5 Å². The Hall–Kier alpha value is -1.13. The number of benzene rings is 1. The zero-order valence-electron chi connectivity index (χ0n) is 13.1. The topological polar surface area (TPSA) is 32.5 Å². The van der Waals surface area contributed by atoms with Crippen molar-refractivity contribution in [2.45, 2.75) is 38.3 Å². The first kappa shape index (κ1) is 14.8. The van der Waals surface area contributed by atoms with Gasteiger partial charge in [0.1, 0.15) is 5.82 Å². The summed E-state index contributed by atoms with van der Waals surface area (Å²) >= 11 is 0. The Morgan fingerprint density at radius 2 is 2.10 bits per heavy atom. The van der Waals surface area contributed by atoms with Gasteiger partial charge < -0.3 is 15.5 Å². The van der Waals surface area contributed by atoms with Crippen LogP contribution >= 0.6 is 0 Å². The van der Waals surface area contributed by atoms with Gasteiger partial charge in [-0.2, -0.15) is 0 Å². The molecule has 2 heterocycles. The van der Waals surface area contributed by atoms with E-state index in [1.54, 1.807) is 12.1 Å². The van der Waals surface area contributed by atoms with Crippen LogP contribution in [0.1, 0.15) is 37.8 Å². The van der Waals surface area contributed by atoms with Crippen LogP contribution in [0.2, 0.25) is 0 Å². The zero-order chi connectivity index (χ0) is 15.0. The minimum atomic E-state index is -0.196. The molecule has 0 amide bonds. The van der Waals surface area contributed by atoms with E-state index in [1.807, 2.05) is 13.0 Å². The first-order valence-electron chi connectivity index (χ1n) is 8.06. The zero-order valence-corrected chi connectivity index (χ0v) is 13.1. The minimum Gasteiger partial charge on any atom is -0.371 e. The number of halogens is 1. The van der Waals surface area contributed by atoms with Crippen molar-refractivity contribution in [2.24, 2.45) is 11.7 Å². The second kappa shape index (κ2) is 5.93. The predicted octanol–water partition coefficient (Wildman–Crippen LogP) is 2.77. The summed E-state index contributed by atoms with van der Waals surface area (Å²) in [4.78, 5) is 4.93. The molecule has 0 radical (unpaired) electrons. The van der Waals surface area contributed by atoms with Crippen molar-refractivity contribution in [3.63, 3.8) is 0 Å². The second-order valence-corrected chi connectivity index (χ2v) is 6.68. The number of piperidine rings is 2. The highest BCUT2D eigenvalue weighted by Crippen LogP contribution is 2.34. The van der Waals surface area contributed by atoms with Gasteiger partial charge in [-0.1, -0.05) is 0 Å². The van der Waals surface area contributed by atoms with Crippen LogP contribution in [-0.2, 0) is 0 Å². The van der Waals surface area contributed by atoms with Gasteiger partial charge in [0.05, 0.1) is 0 Å². The molecule has 0 saturated carbocycles. The van der Waals surface area contributed by atoms with Crippen LogP contribution in [0.25, 0.3) is 0 Å². The Kier molecular flexibility index (Phi) is 4.18. The first-order chi connectivity index (χ1) is 10.1. The van der Waals surface area contributed by atoms with Crippen molar-refractivity contribution in [1.29, 1.82) is 0 Å². The number of hydrogen-bond acceptors (Lipinski definition) is 3. The number of likely N-dealkylation sites (tertiary alicyclic amines) is 1. The Bertz CT molecular complexity index is 503. The average Bonchev–Trinajstić information content (AvgIpc) is 2.47. The minimum absolute atomic E-state index is 0.137. The standard InChI is InChI=1S/C17H26FN3/c1-12(19)15-10-14(18)5-6-17(15)21-9-7-16-13(11-21)4-3-8-20(16)2/h5-6,10,12-13,16H,3-4,7-9,11,19H2,1-2H3. The van der Waals surface area contributed by atoms with E-state index in [2.05, 4.69) is 16.8 Å². The molecule has 116 valence electrons. The molecule has 0 spiro atoms. The molecule has 0 aliphatic carbocycles. The van der Waals surface area contributed by atoms with Gasteiger partial charge in [0.2, 0.25) is 0 Å². The molecular formula is C17H26FN3. The molecule has 2 aliphatic heterocycles. The molecule has 1 aromatic carbocycles. The Morgan fingerprint density at radius 3 is 2.86 bits per heavy atom. The van der Waals surface area contributed by atoms with E-state index < -0.39 is 0 Å². The van der Waals surface area contributed by atoms with E-state index in [0.29, 0.717) is 6.04 Å². The molecule has 2 N–H and O–H groups in total. The normalized spacial score (nSPS) is 28.3. The summed E-state index contributed by atoms with van der Waals surface area (Å²) < 4.78 is 13.5. The number of fused-ring (bicyclic) bond motifs is 1. The Labute approximate surface area is 126 Å². The van der Waals surface area contributed by atoms with Crippen molar-refractivity contribution in [3.8, 4) is 0 Å². The molecule has 0 aromatic heterocycles. The van der Waals surface area contributed by atoms with Crippen LogP contribution in [0, 0.1) is 11.7 Å². The molecule has 3 atom stereocenters. The van der Waals surface area contributed by atoms with Crippen LogP contribution in [-0.4, -0.2) is 37.6 Å².